The lowest BCUT2D eigenvalue weighted by atomic mass is 9.84. The zero-order chi connectivity index (χ0) is 12.4. The molecule has 0 N–H and O–H groups in total. The monoisotopic (exact) mass is 260 g/mol. The van der Waals surface area contributed by atoms with Gasteiger partial charge in [-0.15, -0.1) is 0 Å². The number of hydrogen-bond donors (Lipinski definition) is 0. The van der Waals surface area contributed by atoms with E-state index < -0.39 is 45.3 Å². The highest BCUT2D eigenvalue weighted by Gasteiger charge is 2.72. The van der Waals surface area contributed by atoms with E-state index in [9.17, 15) is 13.2 Å². The average molecular weight is 260 g/mol. The molecule has 3 saturated heterocycles. The van der Waals surface area contributed by atoms with Crippen molar-refractivity contribution in [2.75, 3.05) is 0 Å². The van der Waals surface area contributed by atoms with Gasteiger partial charge in [0.15, 0.2) is 11.4 Å². The number of ether oxygens (including phenoxy) is 2. The van der Waals surface area contributed by atoms with E-state index in [2.05, 4.69) is 6.58 Å². The van der Waals surface area contributed by atoms with Gasteiger partial charge in [-0.3, -0.25) is 4.18 Å². The van der Waals surface area contributed by atoms with Crippen molar-refractivity contribution < 1.29 is 26.9 Å². The van der Waals surface area contributed by atoms with Gasteiger partial charge >= 0.3 is 5.97 Å². The van der Waals surface area contributed by atoms with Crippen LogP contribution in [0.1, 0.15) is 13.3 Å². The first-order valence-electron chi connectivity index (χ1n) is 5.30. The Bertz CT molecular complexity index is 497. The molecule has 0 radical (unpaired) electrons. The molecule has 0 aromatic carbocycles. The van der Waals surface area contributed by atoms with Crippen LogP contribution in [0.15, 0.2) is 12.7 Å². The summed E-state index contributed by atoms with van der Waals surface area (Å²) in [6, 6.07) is 0. The van der Waals surface area contributed by atoms with E-state index in [0.717, 1.165) is 6.08 Å². The van der Waals surface area contributed by atoms with Crippen molar-refractivity contribution in [3.8, 4) is 0 Å². The molecule has 17 heavy (non-hydrogen) atoms. The van der Waals surface area contributed by atoms with Crippen molar-refractivity contribution in [2.45, 2.75) is 42.5 Å². The molecule has 6 nitrogen and oxygen atoms in total. The zero-order valence-electron chi connectivity index (χ0n) is 9.16. The van der Waals surface area contributed by atoms with Gasteiger partial charge in [0.25, 0.3) is 10.1 Å². The second-order valence-electron chi connectivity index (χ2n) is 4.76. The molecule has 0 aromatic heterocycles. The number of esters is 1. The minimum absolute atomic E-state index is 0.406. The second kappa shape index (κ2) is 3.09. The highest BCUT2D eigenvalue weighted by molar-refractivity contribution is 7.87. The van der Waals surface area contributed by atoms with Gasteiger partial charge in [-0.2, -0.15) is 8.42 Å². The van der Waals surface area contributed by atoms with Crippen LogP contribution in [0.2, 0.25) is 0 Å². The van der Waals surface area contributed by atoms with E-state index in [0.29, 0.717) is 6.42 Å². The Labute approximate surface area is 98.7 Å². The molecule has 3 heterocycles. The Morgan fingerprint density at radius 1 is 1.59 bits per heavy atom. The maximum absolute atomic E-state index is 11.8. The maximum Gasteiger partial charge on any atom is 0.330 e. The molecular formula is C10H12O6S. The Balaban J connectivity index is 1.96. The van der Waals surface area contributed by atoms with Gasteiger partial charge in [-0.1, -0.05) is 6.58 Å². The second-order valence-corrected chi connectivity index (χ2v) is 6.45. The lowest BCUT2D eigenvalue weighted by Gasteiger charge is -2.25. The number of carbonyl (C=O) groups is 1. The third-order valence-electron chi connectivity index (χ3n) is 3.58. The van der Waals surface area contributed by atoms with Gasteiger partial charge in [-0.05, 0) is 6.92 Å². The van der Waals surface area contributed by atoms with Crippen LogP contribution in [0.25, 0.3) is 0 Å². The van der Waals surface area contributed by atoms with Crippen molar-refractivity contribution in [3.63, 3.8) is 0 Å². The van der Waals surface area contributed by atoms with Crippen molar-refractivity contribution in [3.05, 3.63) is 12.7 Å². The predicted molar refractivity (Wildman–Crippen MR) is 55.6 cm³/mol. The van der Waals surface area contributed by atoms with Crippen molar-refractivity contribution in [1.82, 2.24) is 0 Å². The van der Waals surface area contributed by atoms with Crippen LogP contribution in [0.3, 0.4) is 0 Å². The first-order valence-corrected chi connectivity index (χ1v) is 6.77. The largest absolute Gasteiger partial charge is 0.455 e. The quantitative estimate of drug-likeness (QED) is 0.387. The predicted octanol–water partition coefficient (Wildman–Crippen LogP) is -0.257. The summed E-state index contributed by atoms with van der Waals surface area (Å²) in [5.74, 6) is -0.644. The third kappa shape index (κ3) is 1.33. The first-order chi connectivity index (χ1) is 7.87. The van der Waals surface area contributed by atoms with E-state index in [1.807, 2.05) is 0 Å². The van der Waals surface area contributed by atoms with Crippen LogP contribution in [0.5, 0.6) is 0 Å². The molecule has 0 saturated carbocycles. The number of rotatable bonds is 2. The molecule has 94 valence electrons. The van der Waals surface area contributed by atoms with E-state index >= 15 is 0 Å². The number of carbonyl (C=O) groups excluding carboxylic acids is 1. The lowest BCUT2D eigenvalue weighted by Crippen LogP contribution is -2.46. The Morgan fingerprint density at radius 2 is 2.29 bits per heavy atom. The van der Waals surface area contributed by atoms with Crippen LogP contribution in [0.4, 0.5) is 0 Å². The lowest BCUT2D eigenvalue weighted by molar-refractivity contribution is -0.145. The summed E-state index contributed by atoms with van der Waals surface area (Å²) in [6.45, 7) is 4.99. The summed E-state index contributed by atoms with van der Waals surface area (Å²) in [7, 11) is -3.73. The Hall–Kier alpha value is -0.920. The van der Waals surface area contributed by atoms with Crippen molar-refractivity contribution in [1.29, 1.82) is 0 Å². The standard InChI is InChI=1S/C10H12O6S/c1-3-6(11)15-7-5-4-10(2)9(14-5)8(7)17(12,13)16-10/h3,5,7-9H,1,4H2,2H3. The molecule has 3 fully saturated rings. The Morgan fingerprint density at radius 3 is 2.94 bits per heavy atom. The van der Waals surface area contributed by atoms with E-state index in [-0.39, 0.29) is 0 Å². The molecule has 7 heteroatoms. The van der Waals surface area contributed by atoms with Crippen molar-refractivity contribution in [2.24, 2.45) is 0 Å². The van der Waals surface area contributed by atoms with Gasteiger partial charge < -0.3 is 9.47 Å². The average Bonchev–Trinajstić information content (AvgIpc) is 2.74. The van der Waals surface area contributed by atoms with Gasteiger partial charge in [0.1, 0.15) is 11.7 Å². The molecule has 5 atom stereocenters. The minimum Gasteiger partial charge on any atom is -0.455 e. The fourth-order valence-electron chi connectivity index (χ4n) is 2.94. The van der Waals surface area contributed by atoms with Crippen LogP contribution < -0.4 is 0 Å². The fraction of sp³-hybridized carbons (Fsp3) is 0.700. The van der Waals surface area contributed by atoms with Gasteiger partial charge in [-0.25, -0.2) is 4.79 Å². The number of hydrogen-bond acceptors (Lipinski definition) is 6. The molecule has 2 bridgehead atoms. The van der Waals surface area contributed by atoms with Crippen LogP contribution in [-0.2, 0) is 28.6 Å². The molecule has 0 spiro atoms. The van der Waals surface area contributed by atoms with Crippen LogP contribution >= 0.6 is 0 Å². The highest BCUT2D eigenvalue weighted by Crippen LogP contribution is 2.53. The minimum atomic E-state index is -3.73. The SMILES string of the molecule is C=CC(=O)OC1C2CC3(C)OS(=O)(=O)C1C3O2. The van der Waals surface area contributed by atoms with E-state index in [1.54, 1.807) is 6.92 Å². The fourth-order valence-corrected chi connectivity index (χ4v) is 4.96. The van der Waals surface area contributed by atoms with Crippen LogP contribution in [-0.4, -0.2) is 43.5 Å². The molecule has 5 unspecified atom stereocenters. The Kier molecular flexibility index (Phi) is 2.04. The van der Waals surface area contributed by atoms with E-state index in [1.165, 1.54) is 0 Å². The van der Waals surface area contributed by atoms with Crippen molar-refractivity contribution >= 4 is 16.1 Å². The van der Waals surface area contributed by atoms with E-state index in [4.69, 9.17) is 13.7 Å². The van der Waals surface area contributed by atoms with Crippen LogP contribution in [0, 0.1) is 0 Å². The molecular weight excluding hydrogens is 248 g/mol. The third-order valence-corrected chi connectivity index (χ3v) is 5.37. The van der Waals surface area contributed by atoms with Gasteiger partial charge in [0.05, 0.1) is 6.10 Å². The molecule has 3 aliphatic rings. The molecule has 3 aliphatic heterocycles. The maximum atomic E-state index is 11.8. The number of fused-ring (bicyclic) bond motifs is 1. The summed E-state index contributed by atoms with van der Waals surface area (Å²) in [6.07, 6.45) is -0.307. The normalized spacial score (nSPS) is 49.2. The van der Waals surface area contributed by atoms with Gasteiger partial charge in [0.2, 0.25) is 0 Å². The molecule has 3 rings (SSSR count). The summed E-state index contributed by atoms with van der Waals surface area (Å²) in [5.41, 5.74) is -0.800. The summed E-state index contributed by atoms with van der Waals surface area (Å²) >= 11 is 0. The first kappa shape index (κ1) is 11.2. The molecule has 0 amide bonds. The molecule has 0 aromatic rings. The summed E-state index contributed by atoms with van der Waals surface area (Å²) < 4.78 is 39.4. The summed E-state index contributed by atoms with van der Waals surface area (Å²) in [4.78, 5) is 11.2. The van der Waals surface area contributed by atoms with Gasteiger partial charge in [0, 0.05) is 12.5 Å². The summed E-state index contributed by atoms with van der Waals surface area (Å²) in [5, 5.41) is -0.907. The smallest absolute Gasteiger partial charge is 0.330 e. The molecule has 0 aliphatic carbocycles. The highest BCUT2D eigenvalue weighted by atomic mass is 32.2. The zero-order valence-corrected chi connectivity index (χ0v) is 9.98. The topological polar surface area (TPSA) is 78.9 Å².